The zero-order chi connectivity index (χ0) is 14.1. The van der Waals surface area contributed by atoms with Crippen LogP contribution in [0.2, 0.25) is 10.0 Å². The number of aromatic nitrogens is 2. The zero-order valence-electron chi connectivity index (χ0n) is 10.5. The molecule has 1 aromatic carbocycles. The summed E-state index contributed by atoms with van der Waals surface area (Å²) >= 11 is 13.9. The molecule has 102 valence electrons. The van der Waals surface area contributed by atoms with E-state index >= 15 is 0 Å². The van der Waals surface area contributed by atoms with Crippen molar-refractivity contribution in [1.29, 1.82) is 0 Å². The predicted molar refractivity (Wildman–Crippen MR) is 84.6 cm³/mol. The molecule has 4 nitrogen and oxygen atoms in total. The molecule has 20 heavy (non-hydrogen) atoms. The summed E-state index contributed by atoms with van der Waals surface area (Å²) in [6.07, 6.45) is 5.43. The lowest BCUT2D eigenvalue weighted by Crippen LogP contribution is -2.24. The first-order valence-corrected chi connectivity index (χ1v) is 7.82. The maximum atomic E-state index is 6.22. The van der Waals surface area contributed by atoms with E-state index in [0.29, 0.717) is 27.6 Å². The van der Waals surface area contributed by atoms with Crippen molar-refractivity contribution in [3.63, 3.8) is 0 Å². The lowest BCUT2D eigenvalue weighted by molar-refractivity contribution is 0.890. The molecule has 0 spiro atoms. The van der Waals surface area contributed by atoms with Crippen LogP contribution in [0.1, 0.15) is 5.56 Å². The summed E-state index contributed by atoms with van der Waals surface area (Å²) in [5.74, 6) is 0.698. The van der Waals surface area contributed by atoms with Gasteiger partial charge in [0.05, 0.1) is 28.6 Å². The van der Waals surface area contributed by atoms with E-state index in [0.717, 1.165) is 11.3 Å². The van der Waals surface area contributed by atoms with Crippen molar-refractivity contribution in [2.45, 2.75) is 11.7 Å². The normalized spacial score (nSPS) is 13.4. The molecule has 0 radical (unpaired) electrons. The molecule has 3 rings (SSSR count). The minimum Gasteiger partial charge on any atom is -0.325 e. The molecule has 0 bridgehead atoms. The van der Waals surface area contributed by atoms with Crippen molar-refractivity contribution < 1.29 is 0 Å². The molecule has 0 amide bonds. The highest BCUT2D eigenvalue weighted by Crippen LogP contribution is 2.36. The first-order chi connectivity index (χ1) is 9.69. The summed E-state index contributed by atoms with van der Waals surface area (Å²) in [6.45, 7) is 0.594. The first-order valence-electron chi connectivity index (χ1n) is 5.84. The number of nitrogens with zero attached hydrogens (tertiary/aromatic N) is 4. The standard InChI is InChI=1S/C13H10Cl2N4S/c1-20-13-16-5-8-6-19(7-17-12(8)18-13)11-9(14)3-2-4-10(11)15/h2-5,7H,6H2,1H3. The second-order valence-electron chi connectivity index (χ2n) is 4.15. The molecule has 1 aromatic heterocycles. The largest absolute Gasteiger partial charge is 0.325 e. The van der Waals surface area contributed by atoms with Crippen LogP contribution in [0.5, 0.6) is 0 Å². The summed E-state index contributed by atoms with van der Waals surface area (Å²) in [4.78, 5) is 14.9. The van der Waals surface area contributed by atoms with Gasteiger partial charge in [-0.15, -0.1) is 0 Å². The van der Waals surface area contributed by atoms with Crippen LogP contribution in [0, 0.1) is 0 Å². The lowest BCUT2D eigenvalue weighted by Gasteiger charge is -2.25. The fraction of sp³-hybridized carbons (Fsp3) is 0.154. The third-order valence-electron chi connectivity index (χ3n) is 2.89. The third kappa shape index (κ3) is 2.49. The summed E-state index contributed by atoms with van der Waals surface area (Å²) in [5.41, 5.74) is 1.69. The summed E-state index contributed by atoms with van der Waals surface area (Å²) in [6, 6.07) is 5.43. The number of thioether (sulfide) groups is 1. The van der Waals surface area contributed by atoms with E-state index in [9.17, 15) is 0 Å². The van der Waals surface area contributed by atoms with E-state index in [1.807, 2.05) is 17.2 Å². The van der Waals surface area contributed by atoms with Gasteiger partial charge in [-0.1, -0.05) is 41.0 Å². The number of hydrogen-bond donors (Lipinski definition) is 0. The smallest absolute Gasteiger partial charge is 0.189 e. The number of para-hydroxylation sites is 1. The first kappa shape index (κ1) is 13.7. The van der Waals surface area contributed by atoms with E-state index in [2.05, 4.69) is 15.0 Å². The van der Waals surface area contributed by atoms with Crippen molar-refractivity contribution in [2.75, 3.05) is 11.2 Å². The zero-order valence-corrected chi connectivity index (χ0v) is 12.9. The molecule has 0 aliphatic carbocycles. The Morgan fingerprint density at radius 1 is 1.25 bits per heavy atom. The molecule has 7 heteroatoms. The van der Waals surface area contributed by atoms with Crippen LogP contribution >= 0.6 is 35.0 Å². The number of hydrogen-bond acceptors (Lipinski definition) is 5. The van der Waals surface area contributed by atoms with Gasteiger partial charge >= 0.3 is 0 Å². The fourth-order valence-electron chi connectivity index (χ4n) is 1.95. The number of fused-ring (bicyclic) bond motifs is 1. The van der Waals surface area contributed by atoms with Crippen molar-refractivity contribution in [2.24, 2.45) is 4.99 Å². The number of benzene rings is 1. The summed E-state index contributed by atoms with van der Waals surface area (Å²) in [5, 5.41) is 1.90. The van der Waals surface area contributed by atoms with Gasteiger partial charge in [0.15, 0.2) is 11.0 Å². The van der Waals surface area contributed by atoms with E-state index in [4.69, 9.17) is 23.2 Å². The van der Waals surface area contributed by atoms with E-state index in [1.165, 1.54) is 11.8 Å². The lowest BCUT2D eigenvalue weighted by atomic mass is 10.2. The van der Waals surface area contributed by atoms with E-state index in [1.54, 1.807) is 24.7 Å². The van der Waals surface area contributed by atoms with Gasteiger partial charge < -0.3 is 4.90 Å². The maximum absolute atomic E-state index is 6.22. The van der Waals surface area contributed by atoms with Crippen LogP contribution in [-0.2, 0) is 6.54 Å². The molecule has 2 heterocycles. The van der Waals surface area contributed by atoms with Crippen LogP contribution in [-0.4, -0.2) is 22.6 Å². The summed E-state index contributed by atoms with van der Waals surface area (Å²) in [7, 11) is 0. The second kappa shape index (κ2) is 5.60. The highest BCUT2D eigenvalue weighted by atomic mass is 35.5. The van der Waals surface area contributed by atoms with Gasteiger partial charge in [0.2, 0.25) is 0 Å². The Balaban J connectivity index is 1.98. The van der Waals surface area contributed by atoms with Crippen LogP contribution in [0.4, 0.5) is 11.5 Å². The van der Waals surface area contributed by atoms with Gasteiger partial charge in [0.25, 0.3) is 0 Å². The highest BCUT2D eigenvalue weighted by Gasteiger charge is 2.19. The Kier molecular flexibility index (Phi) is 3.83. The Hall–Kier alpha value is -1.30. The number of aliphatic imine (C=N–C) groups is 1. The predicted octanol–water partition coefficient (Wildman–Crippen LogP) is 4.19. The molecule has 0 unspecified atom stereocenters. The minimum atomic E-state index is 0.592. The minimum absolute atomic E-state index is 0.592. The van der Waals surface area contributed by atoms with E-state index < -0.39 is 0 Å². The second-order valence-corrected chi connectivity index (χ2v) is 5.74. The summed E-state index contributed by atoms with van der Waals surface area (Å²) < 4.78 is 0. The van der Waals surface area contributed by atoms with Crippen molar-refractivity contribution in [1.82, 2.24) is 9.97 Å². The van der Waals surface area contributed by atoms with Gasteiger partial charge in [-0.3, -0.25) is 0 Å². The van der Waals surface area contributed by atoms with Crippen LogP contribution in [0.15, 0.2) is 34.5 Å². The highest BCUT2D eigenvalue weighted by molar-refractivity contribution is 7.98. The van der Waals surface area contributed by atoms with Crippen LogP contribution in [0.3, 0.4) is 0 Å². The SMILES string of the molecule is CSc1ncc2c(n1)N=CN(c1c(Cl)cccc1Cl)C2. The Bertz CT molecular complexity index is 670. The van der Waals surface area contributed by atoms with Gasteiger partial charge in [0.1, 0.15) is 0 Å². The monoisotopic (exact) mass is 324 g/mol. The van der Waals surface area contributed by atoms with Crippen molar-refractivity contribution in [3.8, 4) is 0 Å². The van der Waals surface area contributed by atoms with Crippen molar-refractivity contribution >= 4 is 52.8 Å². The molecule has 0 saturated heterocycles. The number of anilines is 1. The number of halogens is 2. The third-order valence-corrected chi connectivity index (χ3v) is 4.06. The maximum Gasteiger partial charge on any atom is 0.189 e. The fourth-order valence-corrected chi connectivity index (χ4v) is 2.90. The number of rotatable bonds is 2. The molecule has 0 atom stereocenters. The van der Waals surface area contributed by atoms with Crippen LogP contribution in [0.25, 0.3) is 0 Å². The molecule has 2 aromatic rings. The van der Waals surface area contributed by atoms with Crippen LogP contribution < -0.4 is 4.90 Å². The molecular formula is C13H10Cl2N4S. The molecule has 0 saturated carbocycles. The topological polar surface area (TPSA) is 41.4 Å². The van der Waals surface area contributed by atoms with Gasteiger partial charge in [-0.05, 0) is 18.4 Å². The molecule has 0 N–H and O–H groups in total. The van der Waals surface area contributed by atoms with Gasteiger partial charge in [0, 0.05) is 11.8 Å². The average Bonchev–Trinajstić information content (AvgIpc) is 2.46. The Morgan fingerprint density at radius 3 is 2.70 bits per heavy atom. The van der Waals surface area contributed by atoms with Gasteiger partial charge in [-0.2, -0.15) is 0 Å². The van der Waals surface area contributed by atoms with E-state index in [-0.39, 0.29) is 0 Å². The average molecular weight is 325 g/mol. The molecule has 1 aliphatic rings. The molecular weight excluding hydrogens is 315 g/mol. The molecule has 0 fully saturated rings. The Morgan fingerprint density at radius 2 is 2.00 bits per heavy atom. The Labute approximate surface area is 130 Å². The quantitative estimate of drug-likeness (QED) is 0.613. The molecule has 1 aliphatic heterocycles. The van der Waals surface area contributed by atoms with Crippen molar-refractivity contribution in [3.05, 3.63) is 40.0 Å². The van der Waals surface area contributed by atoms with Gasteiger partial charge in [-0.25, -0.2) is 15.0 Å².